The molecular formula is C15H14ClFN2O. The molecule has 5 heteroatoms. The molecule has 104 valence electrons. The van der Waals surface area contributed by atoms with Gasteiger partial charge in [0, 0.05) is 16.8 Å². The summed E-state index contributed by atoms with van der Waals surface area (Å²) in [6.45, 7) is 2.98. The molecule has 2 aromatic rings. The smallest absolute Gasteiger partial charge is 0.233 e. The predicted molar refractivity (Wildman–Crippen MR) is 76.9 cm³/mol. The van der Waals surface area contributed by atoms with Crippen molar-refractivity contribution in [1.29, 1.82) is 0 Å². The van der Waals surface area contributed by atoms with Crippen LogP contribution in [-0.2, 0) is 11.3 Å². The highest BCUT2D eigenvalue weighted by atomic mass is 35.5. The van der Waals surface area contributed by atoms with Gasteiger partial charge >= 0.3 is 0 Å². The first kappa shape index (κ1) is 13.2. The highest BCUT2D eigenvalue weighted by Crippen LogP contribution is 2.22. The molecule has 1 atom stereocenters. The van der Waals surface area contributed by atoms with Gasteiger partial charge in [0.25, 0.3) is 0 Å². The van der Waals surface area contributed by atoms with Gasteiger partial charge in [-0.2, -0.15) is 0 Å². The molecule has 1 aromatic carbocycles. The number of nitrogens with zero attached hydrogens (tertiary/aromatic N) is 2. The van der Waals surface area contributed by atoms with Crippen LogP contribution in [-0.4, -0.2) is 23.1 Å². The molecular weight excluding hydrogens is 279 g/mol. The van der Waals surface area contributed by atoms with Gasteiger partial charge in [-0.05, 0) is 31.2 Å². The van der Waals surface area contributed by atoms with E-state index in [0.717, 1.165) is 5.69 Å². The van der Waals surface area contributed by atoms with Gasteiger partial charge in [-0.15, -0.1) is 0 Å². The molecule has 0 saturated carbocycles. The van der Waals surface area contributed by atoms with Crippen molar-refractivity contribution < 1.29 is 9.13 Å². The molecule has 0 radical (unpaired) electrons. The number of hydrogen-bond donors (Lipinski definition) is 0. The summed E-state index contributed by atoms with van der Waals surface area (Å²) in [5.74, 6) is 0.301. The summed E-state index contributed by atoms with van der Waals surface area (Å²) in [7, 11) is 0. The Bertz CT molecular complexity index is 645. The second-order valence-electron chi connectivity index (χ2n) is 4.80. The minimum absolute atomic E-state index is 0.0883. The van der Waals surface area contributed by atoms with Gasteiger partial charge in [0.2, 0.25) is 5.90 Å². The Hall–Kier alpha value is -1.81. The third-order valence-electron chi connectivity index (χ3n) is 3.24. The maximum absolute atomic E-state index is 13.9. The Morgan fingerprint density at radius 1 is 1.40 bits per heavy atom. The van der Waals surface area contributed by atoms with Gasteiger partial charge in [-0.1, -0.05) is 17.7 Å². The van der Waals surface area contributed by atoms with Crippen LogP contribution in [0.2, 0.25) is 5.02 Å². The number of rotatable bonds is 3. The fourth-order valence-corrected chi connectivity index (χ4v) is 2.44. The largest absolute Gasteiger partial charge is 0.471 e. The van der Waals surface area contributed by atoms with Crippen molar-refractivity contribution in [2.24, 2.45) is 4.99 Å². The summed E-state index contributed by atoms with van der Waals surface area (Å²) < 4.78 is 21.4. The van der Waals surface area contributed by atoms with E-state index in [4.69, 9.17) is 16.3 Å². The molecule has 3 nitrogen and oxygen atoms in total. The molecule has 0 bridgehead atoms. The fourth-order valence-electron chi connectivity index (χ4n) is 2.22. The van der Waals surface area contributed by atoms with E-state index in [1.807, 2.05) is 29.8 Å². The molecule has 0 saturated heterocycles. The zero-order valence-corrected chi connectivity index (χ0v) is 11.8. The second kappa shape index (κ2) is 5.29. The van der Waals surface area contributed by atoms with Crippen molar-refractivity contribution >= 4 is 17.5 Å². The lowest BCUT2D eigenvalue weighted by atomic mass is 10.2. The average molecular weight is 293 g/mol. The highest BCUT2D eigenvalue weighted by molar-refractivity contribution is 6.31. The summed E-state index contributed by atoms with van der Waals surface area (Å²) in [6.07, 6.45) is 1.96. The first-order valence-corrected chi connectivity index (χ1v) is 6.82. The van der Waals surface area contributed by atoms with Crippen LogP contribution in [0.25, 0.3) is 0 Å². The molecule has 2 heterocycles. The number of ether oxygens (including phenoxy) is 1. The number of aliphatic imine (C=N–C) groups is 1. The van der Waals surface area contributed by atoms with E-state index >= 15 is 0 Å². The van der Waals surface area contributed by atoms with E-state index in [1.165, 1.54) is 6.07 Å². The molecule has 0 aliphatic carbocycles. The van der Waals surface area contributed by atoms with Crippen LogP contribution < -0.4 is 0 Å². The molecule has 0 N–H and O–H groups in total. The van der Waals surface area contributed by atoms with Gasteiger partial charge in [0.15, 0.2) is 0 Å². The monoisotopic (exact) mass is 292 g/mol. The van der Waals surface area contributed by atoms with E-state index in [0.29, 0.717) is 29.6 Å². The van der Waals surface area contributed by atoms with E-state index in [9.17, 15) is 4.39 Å². The van der Waals surface area contributed by atoms with Crippen molar-refractivity contribution in [2.75, 3.05) is 6.54 Å². The van der Waals surface area contributed by atoms with Crippen molar-refractivity contribution in [2.45, 2.75) is 19.6 Å². The molecule has 1 aromatic heterocycles. The minimum atomic E-state index is -0.306. The van der Waals surface area contributed by atoms with Crippen molar-refractivity contribution in [3.8, 4) is 0 Å². The number of benzene rings is 1. The summed E-state index contributed by atoms with van der Waals surface area (Å²) in [5, 5.41) is 0.423. The first-order chi connectivity index (χ1) is 9.65. The van der Waals surface area contributed by atoms with Crippen LogP contribution in [0.1, 0.15) is 18.2 Å². The lowest BCUT2D eigenvalue weighted by molar-refractivity contribution is 0.245. The standard InChI is InChI=1S/C15H14ClFN2O/c1-10-8-18-15(20-10)14-6-3-7-19(14)9-11-12(16)4-2-5-13(11)17/h2-7,10H,8-9H2,1H3. The first-order valence-electron chi connectivity index (χ1n) is 6.44. The fraction of sp³-hybridized carbons (Fsp3) is 0.267. The highest BCUT2D eigenvalue weighted by Gasteiger charge is 2.20. The average Bonchev–Trinajstić information content (AvgIpc) is 3.02. The molecule has 1 aliphatic heterocycles. The van der Waals surface area contributed by atoms with Gasteiger partial charge in [0.1, 0.15) is 17.6 Å². The van der Waals surface area contributed by atoms with E-state index in [1.54, 1.807) is 12.1 Å². The zero-order chi connectivity index (χ0) is 14.1. The Balaban J connectivity index is 1.91. The Labute approximate surface area is 121 Å². The Morgan fingerprint density at radius 3 is 2.95 bits per heavy atom. The van der Waals surface area contributed by atoms with Crippen LogP contribution in [0.4, 0.5) is 4.39 Å². The normalized spacial score (nSPS) is 17.9. The summed E-state index contributed by atoms with van der Waals surface area (Å²) in [6, 6.07) is 8.50. The number of hydrogen-bond acceptors (Lipinski definition) is 2. The Morgan fingerprint density at radius 2 is 2.25 bits per heavy atom. The van der Waals surface area contributed by atoms with Crippen LogP contribution in [0.3, 0.4) is 0 Å². The third-order valence-corrected chi connectivity index (χ3v) is 3.60. The van der Waals surface area contributed by atoms with Crippen molar-refractivity contribution in [3.05, 3.63) is 58.6 Å². The van der Waals surface area contributed by atoms with Gasteiger partial charge in [-0.3, -0.25) is 0 Å². The van der Waals surface area contributed by atoms with Crippen LogP contribution in [0.15, 0.2) is 41.5 Å². The van der Waals surface area contributed by atoms with Gasteiger partial charge < -0.3 is 9.30 Å². The van der Waals surface area contributed by atoms with Crippen molar-refractivity contribution in [1.82, 2.24) is 4.57 Å². The lowest BCUT2D eigenvalue weighted by Crippen LogP contribution is -2.14. The summed E-state index contributed by atoms with van der Waals surface area (Å²) in [5.41, 5.74) is 1.31. The van der Waals surface area contributed by atoms with Crippen molar-refractivity contribution in [3.63, 3.8) is 0 Å². The molecule has 0 amide bonds. The van der Waals surface area contributed by atoms with Crippen LogP contribution in [0, 0.1) is 5.82 Å². The third kappa shape index (κ3) is 2.43. The van der Waals surface area contributed by atoms with Crippen LogP contribution >= 0.6 is 11.6 Å². The molecule has 1 unspecified atom stereocenters. The van der Waals surface area contributed by atoms with E-state index in [2.05, 4.69) is 4.99 Å². The molecule has 20 heavy (non-hydrogen) atoms. The minimum Gasteiger partial charge on any atom is -0.471 e. The Kier molecular flexibility index (Phi) is 3.49. The molecule has 0 fully saturated rings. The lowest BCUT2D eigenvalue weighted by Gasteiger charge is -2.12. The topological polar surface area (TPSA) is 26.5 Å². The SMILES string of the molecule is CC1CN=C(c2cccn2Cc2c(F)cccc2Cl)O1. The molecule has 0 spiro atoms. The van der Waals surface area contributed by atoms with Crippen LogP contribution in [0.5, 0.6) is 0 Å². The second-order valence-corrected chi connectivity index (χ2v) is 5.20. The van der Waals surface area contributed by atoms with E-state index in [-0.39, 0.29) is 11.9 Å². The number of halogens is 2. The number of aromatic nitrogens is 1. The van der Waals surface area contributed by atoms with Gasteiger partial charge in [0.05, 0.1) is 13.1 Å². The van der Waals surface area contributed by atoms with Gasteiger partial charge in [-0.25, -0.2) is 9.38 Å². The summed E-state index contributed by atoms with van der Waals surface area (Å²) in [4.78, 5) is 4.35. The molecule has 3 rings (SSSR count). The summed E-state index contributed by atoms with van der Waals surface area (Å²) >= 11 is 6.07. The zero-order valence-electron chi connectivity index (χ0n) is 11.0. The molecule has 1 aliphatic rings. The predicted octanol–water partition coefficient (Wildman–Crippen LogP) is 3.49. The van der Waals surface area contributed by atoms with E-state index < -0.39 is 0 Å². The maximum atomic E-state index is 13.9. The maximum Gasteiger partial charge on any atom is 0.233 e. The quantitative estimate of drug-likeness (QED) is 0.850.